The van der Waals surface area contributed by atoms with E-state index in [1.165, 1.54) is 0 Å². The zero-order valence-corrected chi connectivity index (χ0v) is 15.3. The van der Waals surface area contributed by atoms with Crippen LogP contribution >= 0.6 is 22.9 Å². The van der Waals surface area contributed by atoms with Gasteiger partial charge < -0.3 is 9.80 Å². The summed E-state index contributed by atoms with van der Waals surface area (Å²) in [6, 6.07) is 15.7. The third kappa shape index (κ3) is 3.62. The molecule has 128 valence electrons. The van der Waals surface area contributed by atoms with Crippen LogP contribution in [0.15, 0.2) is 48.5 Å². The molecule has 4 nitrogen and oxygen atoms in total. The minimum Gasteiger partial charge on any atom is -0.345 e. The van der Waals surface area contributed by atoms with E-state index in [-0.39, 0.29) is 5.91 Å². The van der Waals surface area contributed by atoms with Gasteiger partial charge in [0.2, 0.25) is 5.91 Å². The number of piperazine rings is 1. The van der Waals surface area contributed by atoms with E-state index in [2.05, 4.69) is 4.90 Å². The molecular formula is C19H18ClN3OS. The van der Waals surface area contributed by atoms with Crippen LogP contribution in [-0.4, -0.2) is 42.0 Å². The molecule has 0 saturated carbocycles. The van der Waals surface area contributed by atoms with Crippen LogP contribution in [-0.2, 0) is 11.2 Å². The molecule has 6 heteroatoms. The van der Waals surface area contributed by atoms with E-state index >= 15 is 0 Å². The Bertz CT molecular complexity index is 888. The Labute approximate surface area is 155 Å². The maximum Gasteiger partial charge on any atom is 0.227 e. The number of carbonyl (C=O) groups excluding carboxylic acids is 1. The molecule has 0 unspecified atom stereocenters. The molecular weight excluding hydrogens is 354 g/mol. The maximum absolute atomic E-state index is 12.5. The number of carbonyl (C=O) groups is 1. The molecule has 2 aromatic carbocycles. The number of nitrogens with zero attached hydrogens (tertiary/aromatic N) is 3. The van der Waals surface area contributed by atoms with Crippen molar-refractivity contribution >= 4 is 44.2 Å². The summed E-state index contributed by atoms with van der Waals surface area (Å²) < 4.78 is 1.10. The third-order valence-corrected chi connectivity index (χ3v) is 5.75. The van der Waals surface area contributed by atoms with Crippen LogP contribution in [0.25, 0.3) is 10.2 Å². The molecule has 1 saturated heterocycles. The van der Waals surface area contributed by atoms with Crippen molar-refractivity contribution < 1.29 is 4.79 Å². The first-order chi connectivity index (χ1) is 12.2. The third-order valence-electron chi connectivity index (χ3n) is 4.44. The van der Waals surface area contributed by atoms with Gasteiger partial charge in [-0.2, -0.15) is 0 Å². The van der Waals surface area contributed by atoms with Crippen molar-refractivity contribution in [1.82, 2.24) is 9.88 Å². The van der Waals surface area contributed by atoms with E-state index < -0.39 is 0 Å². The predicted molar refractivity (Wildman–Crippen MR) is 104 cm³/mol. The molecule has 0 spiro atoms. The monoisotopic (exact) mass is 371 g/mol. The highest BCUT2D eigenvalue weighted by Gasteiger charge is 2.23. The Kier molecular flexibility index (Phi) is 4.59. The average molecular weight is 372 g/mol. The van der Waals surface area contributed by atoms with Crippen molar-refractivity contribution in [2.24, 2.45) is 0 Å². The molecule has 25 heavy (non-hydrogen) atoms. The van der Waals surface area contributed by atoms with E-state index in [1.54, 1.807) is 11.3 Å². The van der Waals surface area contributed by atoms with Gasteiger partial charge in [0.05, 0.1) is 16.6 Å². The molecule has 1 aliphatic heterocycles. The summed E-state index contributed by atoms with van der Waals surface area (Å²) >= 11 is 7.71. The fraction of sp³-hybridized carbons (Fsp3) is 0.263. The number of benzene rings is 2. The highest BCUT2D eigenvalue weighted by Crippen LogP contribution is 2.31. The zero-order chi connectivity index (χ0) is 17.2. The van der Waals surface area contributed by atoms with Crippen molar-refractivity contribution in [2.45, 2.75) is 6.42 Å². The molecule has 3 aromatic rings. The summed E-state index contributed by atoms with van der Waals surface area (Å²) in [6.45, 7) is 3.10. The number of anilines is 1. The van der Waals surface area contributed by atoms with Crippen molar-refractivity contribution in [3.8, 4) is 0 Å². The van der Waals surface area contributed by atoms with E-state index in [1.807, 2.05) is 53.4 Å². The minimum atomic E-state index is 0.196. The number of halogens is 1. The van der Waals surface area contributed by atoms with E-state index in [0.29, 0.717) is 6.42 Å². The normalized spacial score (nSPS) is 14.9. The fourth-order valence-electron chi connectivity index (χ4n) is 3.05. The molecule has 2 heterocycles. The van der Waals surface area contributed by atoms with Crippen LogP contribution in [0.2, 0.25) is 5.02 Å². The van der Waals surface area contributed by atoms with E-state index in [9.17, 15) is 4.79 Å². The lowest BCUT2D eigenvalue weighted by Gasteiger charge is -2.34. The van der Waals surface area contributed by atoms with E-state index in [4.69, 9.17) is 16.6 Å². The highest BCUT2D eigenvalue weighted by molar-refractivity contribution is 7.22. The first-order valence-corrected chi connectivity index (χ1v) is 9.51. The van der Waals surface area contributed by atoms with Gasteiger partial charge in [-0.3, -0.25) is 4.79 Å². The molecule has 4 rings (SSSR count). The van der Waals surface area contributed by atoms with Crippen LogP contribution < -0.4 is 4.90 Å². The van der Waals surface area contributed by atoms with Crippen molar-refractivity contribution in [3.63, 3.8) is 0 Å². The molecule has 0 bridgehead atoms. The number of fused-ring (bicyclic) bond motifs is 1. The minimum absolute atomic E-state index is 0.196. The highest BCUT2D eigenvalue weighted by atomic mass is 35.5. The molecule has 0 aliphatic carbocycles. The summed E-state index contributed by atoms with van der Waals surface area (Å²) in [5.74, 6) is 0.196. The second-order valence-electron chi connectivity index (χ2n) is 6.14. The summed E-state index contributed by atoms with van der Waals surface area (Å²) in [4.78, 5) is 21.4. The Morgan fingerprint density at radius 1 is 1.08 bits per heavy atom. The summed E-state index contributed by atoms with van der Waals surface area (Å²) in [5, 5.41) is 1.74. The van der Waals surface area contributed by atoms with Crippen molar-refractivity contribution in [1.29, 1.82) is 0 Å². The van der Waals surface area contributed by atoms with Gasteiger partial charge in [0.1, 0.15) is 0 Å². The Morgan fingerprint density at radius 2 is 1.84 bits per heavy atom. The van der Waals surface area contributed by atoms with Gasteiger partial charge in [-0.1, -0.05) is 53.3 Å². The van der Waals surface area contributed by atoms with Gasteiger partial charge in [0.25, 0.3) is 0 Å². The van der Waals surface area contributed by atoms with Crippen LogP contribution in [0.4, 0.5) is 5.13 Å². The van der Waals surface area contributed by atoms with Gasteiger partial charge in [0.15, 0.2) is 5.13 Å². The molecule has 1 amide bonds. The lowest BCUT2D eigenvalue weighted by molar-refractivity contribution is -0.130. The second-order valence-corrected chi connectivity index (χ2v) is 7.58. The second kappa shape index (κ2) is 7.02. The first-order valence-electron chi connectivity index (χ1n) is 8.32. The van der Waals surface area contributed by atoms with Crippen LogP contribution in [0.5, 0.6) is 0 Å². The molecule has 0 N–H and O–H groups in total. The molecule has 0 radical (unpaired) electrons. The molecule has 1 aliphatic rings. The lowest BCUT2D eigenvalue weighted by atomic mass is 10.1. The average Bonchev–Trinajstić information content (AvgIpc) is 3.06. The fourth-order valence-corrected chi connectivity index (χ4v) is 4.34. The van der Waals surface area contributed by atoms with Gasteiger partial charge >= 0.3 is 0 Å². The van der Waals surface area contributed by atoms with Gasteiger partial charge in [-0.05, 0) is 23.8 Å². The number of thiazole rings is 1. The SMILES string of the molecule is O=C(Cc1ccccc1)N1CCN(c2nc3ccc(Cl)cc3s2)CC1. The quantitative estimate of drug-likeness (QED) is 0.701. The Hall–Kier alpha value is -2.11. The molecule has 1 aromatic heterocycles. The van der Waals surface area contributed by atoms with Crippen LogP contribution in [0.1, 0.15) is 5.56 Å². The molecule has 0 atom stereocenters. The zero-order valence-electron chi connectivity index (χ0n) is 13.7. The number of aromatic nitrogens is 1. The topological polar surface area (TPSA) is 36.4 Å². The first kappa shape index (κ1) is 16.4. The number of amides is 1. The van der Waals surface area contributed by atoms with Crippen molar-refractivity contribution in [2.75, 3.05) is 31.1 Å². The largest absolute Gasteiger partial charge is 0.345 e. The number of hydrogen-bond acceptors (Lipinski definition) is 4. The standard InChI is InChI=1S/C19H18ClN3OS/c20-15-6-7-16-17(13-15)25-19(21-16)23-10-8-22(9-11-23)18(24)12-14-4-2-1-3-5-14/h1-7,13H,8-12H2. The van der Waals surface area contributed by atoms with Crippen LogP contribution in [0.3, 0.4) is 0 Å². The maximum atomic E-state index is 12.5. The Morgan fingerprint density at radius 3 is 2.60 bits per heavy atom. The molecule has 1 fully saturated rings. The lowest BCUT2D eigenvalue weighted by Crippen LogP contribution is -2.49. The van der Waals surface area contributed by atoms with Gasteiger partial charge in [0, 0.05) is 31.2 Å². The number of rotatable bonds is 3. The summed E-state index contributed by atoms with van der Waals surface area (Å²) in [7, 11) is 0. The predicted octanol–water partition coefficient (Wildman–Crippen LogP) is 3.84. The van der Waals surface area contributed by atoms with E-state index in [0.717, 1.165) is 52.1 Å². The van der Waals surface area contributed by atoms with Crippen molar-refractivity contribution in [3.05, 3.63) is 59.1 Å². The summed E-state index contributed by atoms with van der Waals surface area (Å²) in [6.07, 6.45) is 0.473. The van der Waals surface area contributed by atoms with Gasteiger partial charge in [-0.25, -0.2) is 4.98 Å². The smallest absolute Gasteiger partial charge is 0.227 e. The Balaban J connectivity index is 1.39. The summed E-state index contributed by atoms with van der Waals surface area (Å²) in [5.41, 5.74) is 2.05. The number of hydrogen-bond donors (Lipinski definition) is 0. The van der Waals surface area contributed by atoms with Gasteiger partial charge in [-0.15, -0.1) is 0 Å². The van der Waals surface area contributed by atoms with Crippen LogP contribution in [0, 0.1) is 0 Å².